The smallest absolute Gasteiger partial charge is 0.289 e. The van der Waals surface area contributed by atoms with Crippen molar-refractivity contribution in [3.05, 3.63) is 121 Å². The molecule has 0 aromatic heterocycles. The molecule has 0 atom stereocenters. The number of halogens is 2. The minimum absolute atomic E-state index is 0.118. The zero-order valence-electron chi connectivity index (χ0n) is 17.8. The Kier molecular flexibility index (Phi) is 6.37. The highest BCUT2D eigenvalue weighted by Crippen LogP contribution is 2.61. The zero-order chi connectivity index (χ0) is 25.4. The van der Waals surface area contributed by atoms with Crippen LogP contribution in [0.25, 0.3) is 0 Å². The molecule has 178 valence electrons. The number of non-ortho nitro benzene ring substituents is 1. The van der Waals surface area contributed by atoms with Gasteiger partial charge in [-0.25, -0.2) is 0 Å². The summed E-state index contributed by atoms with van der Waals surface area (Å²) in [6.07, 6.45) is 0. The second-order valence-corrected chi connectivity index (χ2v) is 14.1. The van der Waals surface area contributed by atoms with E-state index in [4.69, 9.17) is 40.1 Å². The minimum Gasteiger partial charge on any atom is -0.399 e. The number of nitrogens with two attached hydrogens (primary N) is 1. The Hall–Kier alpha value is -3.37. The number of hydrogen-bond acceptors (Lipinski definition) is 6. The third-order valence-electron chi connectivity index (χ3n) is 5.62. The van der Waals surface area contributed by atoms with Crippen molar-refractivity contribution in [1.29, 1.82) is 0 Å². The van der Waals surface area contributed by atoms with Gasteiger partial charge in [0, 0.05) is 31.5 Å². The Balaban J connectivity index is 2.34. The lowest BCUT2D eigenvalue weighted by molar-refractivity contribution is -0.396. The third kappa shape index (κ3) is 3.86. The zero-order valence-corrected chi connectivity index (χ0v) is 21.0. The quantitative estimate of drug-likeness (QED) is 0.157. The van der Waals surface area contributed by atoms with Gasteiger partial charge in [-0.1, -0.05) is 54.2 Å². The summed E-state index contributed by atoms with van der Waals surface area (Å²) in [5, 5.41) is 24.6. The SMILES string of the molecule is Nc1ccc(S(=S)(c2ccc(Cl)cc2)(c2ccccc2Cl)c2ccc([N+](=O)[O-])cc2[N+](=O)[O-])cc1. The highest BCUT2D eigenvalue weighted by Gasteiger charge is 2.47. The highest BCUT2D eigenvalue weighted by molar-refractivity contribution is 8.52. The van der Waals surface area contributed by atoms with E-state index < -0.39 is 28.9 Å². The highest BCUT2D eigenvalue weighted by atomic mass is 35.5. The van der Waals surface area contributed by atoms with Crippen LogP contribution in [0.15, 0.2) is 111 Å². The summed E-state index contributed by atoms with van der Waals surface area (Å²) >= 11 is 19.6. The fourth-order valence-electron chi connectivity index (χ4n) is 4.04. The fraction of sp³-hybridized carbons (Fsp3) is 0. The molecule has 35 heavy (non-hydrogen) atoms. The molecule has 11 heteroatoms. The summed E-state index contributed by atoms with van der Waals surface area (Å²) in [6.45, 7) is 0. The molecule has 0 amide bonds. The van der Waals surface area contributed by atoms with Crippen molar-refractivity contribution in [3.63, 3.8) is 0 Å². The summed E-state index contributed by atoms with van der Waals surface area (Å²) < 4.78 is 0. The Morgan fingerprint density at radius 2 is 1.31 bits per heavy atom. The first-order chi connectivity index (χ1) is 16.6. The van der Waals surface area contributed by atoms with Crippen molar-refractivity contribution in [2.24, 2.45) is 0 Å². The molecule has 0 saturated heterocycles. The van der Waals surface area contributed by atoms with Gasteiger partial charge >= 0.3 is 0 Å². The molecule has 0 aliphatic carbocycles. The molecule has 4 aromatic rings. The van der Waals surface area contributed by atoms with Crippen LogP contribution < -0.4 is 5.73 Å². The lowest BCUT2D eigenvalue weighted by Gasteiger charge is -2.47. The van der Waals surface area contributed by atoms with Crippen molar-refractivity contribution in [2.75, 3.05) is 5.73 Å². The molecule has 0 aliphatic rings. The normalized spacial score (nSPS) is 12.5. The van der Waals surface area contributed by atoms with Crippen LogP contribution in [0.3, 0.4) is 0 Å². The first kappa shape index (κ1) is 24.7. The van der Waals surface area contributed by atoms with Gasteiger partial charge in [-0.2, -0.15) is 0 Å². The van der Waals surface area contributed by atoms with Crippen LogP contribution in [0.4, 0.5) is 17.1 Å². The first-order valence-corrected chi connectivity index (χ1v) is 13.8. The van der Waals surface area contributed by atoms with E-state index in [0.717, 1.165) is 6.07 Å². The molecule has 0 unspecified atom stereocenters. The molecular weight excluding hydrogens is 529 g/mol. The number of nitrogens with zero attached hydrogens (tertiary/aromatic N) is 2. The molecule has 0 radical (unpaired) electrons. The first-order valence-electron chi connectivity index (χ1n) is 10.0. The summed E-state index contributed by atoms with van der Waals surface area (Å²) in [5.74, 6) is 0. The van der Waals surface area contributed by atoms with Crippen LogP contribution in [-0.2, 0) is 18.9 Å². The van der Waals surface area contributed by atoms with Gasteiger partial charge in [0.1, 0.15) is 0 Å². The van der Waals surface area contributed by atoms with E-state index in [0.29, 0.717) is 30.4 Å². The number of rotatable bonds is 6. The van der Waals surface area contributed by atoms with E-state index in [1.807, 2.05) is 0 Å². The molecule has 0 heterocycles. The molecule has 0 fully saturated rings. The number of nitro benzene ring substituents is 2. The van der Waals surface area contributed by atoms with Gasteiger partial charge in [0.15, 0.2) is 0 Å². The second kappa shape index (κ2) is 9.01. The molecule has 4 aromatic carbocycles. The lowest BCUT2D eigenvalue weighted by atomic mass is 10.3. The topological polar surface area (TPSA) is 112 Å². The minimum atomic E-state index is -4.05. The van der Waals surface area contributed by atoms with Crippen molar-refractivity contribution in [1.82, 2.24) is 0 Å². The summed E-state index contributed by atoms with van der Waals surface area (Å²) in [5.41, 5.74) is 5.52. The molecule has 4 rings (SSSR count). The molecule has 0 spiro atoms. The van der Waals surface area contributed by atoms with E-state index in [1.165, 1.54) is 12.1 Å². The van der Waals surface area contributed by atoms with E-state index in [2.05, 4.69) is 0 Å². The van der Waals surface area contributed by atoms with Gasteiger partial charge in [0.25, 0.3) is 11.4 Å². The molecule has 0 saturated carbocycles. The Bertz CT molecular complexity index is 1490. The van der Waals surface area contributed by atoms with Crippen LogP contribution >= 0.6 is 23.2 Å². The Morgan fingerprint density at radius 1 is 0.743 bits per heavy atom. The average molecular weight is 546 g/mol. The molecule has 2 N–H and O–H groups in total. The Labute approximate surface area is 214 Å². The third-order valence-corrected chi connectivity index (χ3v) is 13.3. The van der Waals surface area contributed by atoms with E-state index in [9.17, 15) is 20.2 Å². The van der Waals surface area contributed by atoms with Gasteiger partial charge in [0.05, 0.1) is 25.8 Å². The van der Waals surface area contributed by atoms with Crippen LogP contribution in [0.5, 0.6) is 0 Å². The molecule has 0 aliphatic heterocycles. The molecule has 7 nitrogen and oxygen atoms in total. The largest absolute Gasteiger partial charge is 0.399 e. The summed E-state index contributed by atoms with van der Waals surface area (Å²) in [7, 11) is -4.05. The van der Waals surface area contributed by atoms with Gasteiger partial charge in [-0.15, -0.1) is 0 Å². The number of anilines is 1. The summed E-state index contributed by atoms with van der Waals surface area (Å²) in [6, 6.07) is 23.8. The van der Waals surface area contributed by atoms with E-state index in [1.54, 1.807) is 72.8 Å². The van der Waals surface area contributed by atoms with Gasteiger partial charge in [-0.05, 0) is 66.7 Å². The van der Waals surface area contributed by atoms with Crippen molar-refractivity contribution >= 4 is 59.2 Å². The van der Waals surface area contributed by atoms with Crippen molar-refractivity contribution in [3.8, 4) is 0 Å². The van der Waals surface area contributed by atoms with Crippen molar-refractivity contribution in [2.45, 2.75) is 19.6 Å². The summed E-state index contributed by atoms with van der Waals surface area (Å²) in [4.78, 5) is 24.1. The van der Waals surface area contributed by atoms with Crippen LogP contribution in [0.2, 0.25) is 10.0 Å². The standard InChI is InChI=1S/C24H17Cl2N3O4S2/c25-16-5-10-19(11-6-16)35(34,20-12-7-17(27)8-13-20,23-4-2-1-3-21(23)26)24-14-9-18(28(30)31)15-22(24)29(32)33/h1-15H,27H2. The van der Waals surface area contributed by atoms with Crippen LogP contribution in [-0.4, -0.2) is 9.85 Å². The fourth-order valence-corrected chi connectivity index (χ4v) is 10.9. The van der Waals surface area contributed by atoms with E-state index >= 15 is 0 Å². The maximum absolute atomic E-state index is 12.4. The monoisotopic (exact) mass is 545 g/mol. The van der Waals surface area contributed by atoms with Crippen LogP contribution in [0.1, 0.15) is 0 Å². The predicted octanol–water partition coefficient (Wildman–Crippen LogP) is 7.08. The van der Waals surface area contributed by atoms with Crippen molar-refractivity contribution < 1.29 is 9.85 Å². The van der Waals surface area contributed by atoms with Gasteiger partial charge < -0.3 is 5.73 Å². The Morgan fingerprint density at radius 3 is 1.86 bits per heavy atom. The number of nitrogen functional groups attached to an aromatic ring is 1. The molecular formula is C24H17Cl2N3O4S2. The van der Waals surface area contributed by atoms with E-state index in [-0.39, 0.29) is 4.90 Å². The van der Waals surface area contributed by atoms with Crippen LogP contribution in [0, 0.1) is 20.2 Å². The average Bonchev–Trinajstić information content (AvgIpc) is 2.84. The maximum Gasteiger partial charge on any atom is 0.289 e. The lowest BCUT2D eigenvalue weighted by Crippen LogP contribution is -2.34. The number of benzene rings is 4. The van der Waals surface area contributed by atoms with Gasteiger partial charge in [0.2, 0.25) is 0 Å². The number of nitro groups is 2. The second-order valence-electron chi connectivity index (χ2n) is 7.57. The molecule has 0 bridgehead atoms. The maximum atomic E-state index is 12.4. The number of hydrogen-bond donors (Lipinski definition) is 1. The predicted molar refractivity (Wildman–Crippen MR) is 141 cm³/mol. The van der Waals surface area contributed by atoms with Gasteiger partial charge in [-0.3, -0.25) is 20.2 Å².